The van der Waals surface area contributed by atoms with Crippen molar-refractivity contribution in [1.29, 1.82) is 0 Å². The van der Waals surface area contributed by atoms with Crippen molar-refractivity contribution in [1.82, 2.24) is 4.90 Å². The molecule has 0 spiro atoms. The Kier molecular flexibility index (Phi) is 6.06. The van der Waals surface area contributed by atoms with Gasteiger partial charge in [0.05, 0.1) is 26.3 Å². The van der Waals surface area contributed by atoms with Gasteiger partial charge < -0.3 is 9.47 Å². The van der Waals surface area contributed by atoms with Gasteiger partial charge in [-0.1, -0.05) is 35.5 Å². The number of amidine groups is 1. The second kappa shape index (κ2) is 8.47. The number of aliphatic imine (C=N–C) groups is 1. The molecule has 0 bridgehead atoms. The summed E-state index contributed by atoms with van der Waals surface area (Å²) in [4.78, 5) is 19.2. The van der Waals surface area contributed by atoms with E-state index in [2.05, 4.69) is 4.99 Å². The van der Waals surface area contributed by atoms with Gasteiger partial charge in [-0.05, 0) is 29.8 Å². The van der Waals surface area contributed by atoms with Crippen LogP contribution < -0.4 is 9.47 Å². The zero-order valence-electron chi connectivity index (χ0n) is 14.6. The van der Waals surface area contributed by atoms with Gasteiger partial charge in [0.15, 0.2) is 5.17 Å². The van der Waals surface area contributed by atoms with Crippen molar-refractivity contribution in [2.45, 2.75) is 5.75 Å². The molecule has 1 aliphatic heterocycles. The highest BCUT2D eigenvalue weighted by Crippen LogP contribution is 2.28. The maximum atomic E-state index is 13.0. The summed E-state index contributed by atoms with van der Waals surface area (Å²) >= 11 is 7.46. The Balaban J connectivity index is 1.73. The summed E-state index contributed by atoms with van der Waals surface area (Å²) in [6, 6.07) is 12.9. The molecule has 1 aliphatic rings. The fourth-order valence-corrected chi connectivity index (χ4v) is 3.71. The van der Waals surface area contributed by atoms with Crippen LogP contribution in [-0.4, -0.2) is 43.3 Å². The van der Waals surface area contributed by atoms with Crippen molar-refractivity contribution in [3.63, 3.8) is 0 Å². The summed E-state index contributed by atoms with van der Waals surface area (Å²) in [6.07, 6.45) is 0. The minimum absolute atomic E-state index is 0.121. The van der Waals surface area contributed by atoms with Crippen molar-refractivity contribution in [2.75, 3.05) is 27.3 Å². The Morgan fingerprint density at radius 2 is 1.96 bits per heavy atom. The van der Waals surface area contributed by atoms with Gasteiger partial charge in [-0.2, -0.15) is 0 Å². The first-order valence-electron chi connectivity index (χ1n) is 8.08. The van der Waals surface area contributed by atoms with E-state index in [0.29, 0.717) is 35.2 Å². The molecule has 136 valence electrons. The molecular weight excluding hydrogens is 372 g/mol. The van der Waals surface area contributed by atoms with Gasteiger partial charge in [-0.3, -0.25) is 14.7 Å². The van der Waals surface area contributed by atoms with Crippen LogP contribution in [0, 0.1) is 0 Å². The van der Waals surface area contributed by atoms with E-state index < -0.39 is 0 Å². The molecule has 5 nitrogen and oxygen atoms in total. The normalized spacial score (nSPS) is 13.5. The highest BCUT2D eigenvalue weighted by molar-refractivity contribution is 8.13. The number of nitrogens with zero attached hydrogens (tertiary/aromatic N) is 2. The van der Waals surface area contributed by atoms with E-state index in [1.807, 2.05) is 24.3 Å². The predicted octanol–water partition coefficient (Wildman–Crippen LogP) is 4.10. The van der Waals surface area contributed by atoms with Crippen LogP contribution in [0.1, 0.15) is 15.9 Å². The molecule has 0 aromatic heterocycles. The molecule has 1 amide bonds. The third-order valence-corrected chi connectivity index (χ3v) is 5.30. The van der Waals surface area contributed by atoms with Gasteiger partial charge in [-0.15, -0.1) is 0 Å². The molecule has 0 N–H and O–H groups in total. The lowest BCUT2D eigenvalue weighted by atomic mass is 10.1. The number of methoxy groups -OCH3 is 2. The summed E-state index contributed by atoms with van der Waals surface area (Å²) in [6.45, 7) is 1.17. The average molecular weight is 391 g/mol. The van der Waals surface area contributed by atoms with Crippen LogP contribution in [0.4, 0.5) is 0 Å². The summed E-state index contributed by atoms with van der Waals surface area (Å²) in [5.41, 5.74) is 1.62. The topological polar surface area (TPSA) is 51.1 Å². The number of halogens is 1. The molecule has 3 rings (SSSR count). The Labute approximate surface area is 162 Å². The Bertz CT molecular complexity index is 824. The van der Waals surface area contributed by atoms with E-state index in [1.54, 1.807) is 49.1 Å². The van der Waals surface area contributed by atoms with Crippen molar-refractivity contribution in [3.05, 3.63) is 58.6 Å². The summed E-state index contributed by atoms with van der Waals surface area (Å²) < 4.78 is 10.5. The van der Waals surface area contributed by atoms with Crippen LogP contribution in [0.2, 0.25) is 5.02 Å². The number of benzene rings is 2. The van der Waals surface area contributed by atoms with Crippen LogP contribution in [0.3, 0.4) is 0 Å². The van der Waals surface area contributed by atoms with Crippen molar-refractivity contribution < 1.29 is 14.3 Å². The lowest BCUT2D eigenvalue weighted by molar-refractivity contribution is 0.0857. The number of ether oxygens (including phenoxy) is 2. The average Bonchev–Trinajstić information content (AvgIpc) is 3.15. The maximum Gasteiger partial charge on any atom is 0.263 e. The quantitative estimate of drug-likeness (QED) is 0.771. The minimum atomic E-state index is -0.121. The van der Waals surface area contributed by atoms with E-state index in [4.69, 9.17) is 21.1 Å². The van der Waals surface area contributed by atoms with Gasteiger partial charge in [0.1, 0.15) is 11.5 Å². The fourth-order valence-electron chi connectivity index (χ4n) is 2.59. The Morgan fingerprint density at radius 1 is 1.19 bits per heavy atom. The molecule has 7 heteroatoms. The summed E-state index contributed by atoms with van der Waals surface area (Å²) in [7, 11) is 3.12. The third-order valence-electron chi connectivity index (χ3n) is 3.97. The van der Waals surface area contributed by atoms with E-state index in [1.165, 1.54) is 0 Å². The largest absolute Gasteiger partial charge is 0.497 e. The van der Waals surface area contributed by atoms with Gasteiger partial charge in [0.2, 0.25) is 0 Å². The molecule has 0 fully saturated rings. The van der Waals surface area contributed by atoms with E-state index in [9.17, 15) is 4.79 Å². The molecular formula is C19H19ClN2O3S. The first kappa shape index (κ1) is 18.6. The van der Waals surface area contributed by atoms with E-state index in [0.717, 1.165) is 16.5 Å². The molecule has 0 saturated heterocycles. The van der Waals surface area contributed by atoms with E-state index in [-0.39, 0.29) is 5.91 Å². The van der Waals surface area contributed by atoms with E-state index >= 15 is 0 Å². The van der Waals surface area contributed by atoms with Crippen molar-refractivity contribution >= 4 is 34.4 Å². The number of hydrogen-bond donors (Lipinski definition) is 0. The standard InChI is InChI=1S/C19H19ClN2O3S/c1-24-15-7-8-16(17(11-15)25-2)18(23)22-10-9-21-19(22)26-12-13-3-5-14(20)6-4-13/h3-8,11H,9-10,12H2,1-2H3. The lowest BCUT2D eigenvalue weighted by Crippen LogP contribution is -2.33. The predicted molar refractivity (Wildman–Crippen MR) is 106 cm³/mol. The zero-order valence-corrected chi connectivity index (χ0v) is 16.1. The molecule has 0 aliphatic carbocycles. The molecule has 0 unspecified atom stereocenters. The Hall–Kier alpha value is -2.18. The van der Waals surface area contributed by atoms with Gasteiger partial charge in [0, 0.05) is 23.4 Å². The third kappa shape index (κ3) is 4.14. The molecule has 2 aromatic carbocycles. The SMILES string of the molecule is COc1ccc(C(=O)N2CCN=C2SCc2ccc(Cl)cc2)c(OC)c1. The second-order valence-corrected chi connectivity index (χ2v) is 6.98. The van der Waals surface area contributed by atoms with Gasteiger partial charge in [0.25, 0.3) is 5.91 Å². The first-order chi connectivity index (χ1) is 12.6. The monoisotopic (exact) mass is 390 g/mol. The van der Waals surface area contributed by atoms with Crippen LogP contribution in [0.5, 0.6) is 11.5 Å². The van der Waals surface area contributed by atoms with Crippen LogP contribution in [0.15, 0.2) is 47.5 Å². The highest BCUT2D eigenvalue weighted by Gasteiger charge is 2.27. The molecule has 2 aromatic rings. The highest BCUT2D eigenvalue weighted by atomic mass is 35.5. The number of rotatable bonds is 5. The first-order valence-corrected chi connectivity index (χ1v) is 9.44. The number of thioether (sulfide) groups is 1. The molecule has 0 radical (unpaired) electrons. The number of hydrogen-bond acceptors (Lipinski definition) is 5. The van der Waals surface area contributed by atoms with Crippen LogP contribution in [0.25, 0.3) is 0 Å². The Morgan fingerprint density at radius 3 is 2.65 bits per heavy atom. The smallest absolute Gasteiger partial charge is 0.263 e. The molecule has 1 heterocycles. The van der Waals surface area contributed by atoms with Crippen LogP contribution in [-0.2, 0) is 5.75 Å². The van der Waals surface area contributed by atoms with Crippen molar-refractivity contribution in [2.24, 2.45) is 4.99 Å². The molecule has 0 saturated carbocycles. The number of carbonyl (C=O) groups is 1. The minimum Gasteiger partial charge on any atom is -0.497 e. The van der Waals surface area contributed by atoms with Crippen LogP contribution >= 0.6 is 23.4 Å². The van der Waals surface area contributed by atoms with Gasteiger partial charge in [-0.25, -0.2) is 0 Å². The molecule has 0 atom stereocenters. The fraction of sp³-hybridized carbons (Fsp3) is 0.263. The zero-order chi connectivity index (χ0) is 18.5. The lowest BCUT2D eigenvalue weighted by Gasteiger charge is -2.19. The van der Waals surface area contributed by atoms with Crippen molar-refractivity contribution in [3.8, 4) is 11.5 Å². The number of amides is 1. The van der Waals surface area contributed by atoms with Gasteiger partial charge >= 0.3 is 0 Å². The molecule has 26 heavy (non-hydrogen) atoms. The number of carbonyl (C=O) groups excluding carboxylic acids is 1. The summed E-state index contributed by atoms with van der Waals surface area (Å²) in [5.74, 6) is 1.73. The maximum absolute atomic E-state index is 13.0. The summed E-state index contributed by atoms with van der Waals surface area (Å²) in [5, 5.41) is 1.43. The second-order valence-electron chi connectivity index (χ2n) is 5.60.